The van der Waals surface area contributed by atoms with Gasteiger partial charge in [-0.1, -0.05) is 18.3 Å². The van der Waals surface area contributed by atoms with E-state index < -0.39 is 0 Å². The van der Waals surface area contributed by atoms with Gasteiger partial charge >= 0.3 is 0 Å². The molecule has 23 heavy (non-hydrogen) atoms. The monoisotopic (exact) mass is 340 g/mol. The average Bonchev–Trinajstić information content (AvgIpc) is 3.21. The maximum absolute atomic E-state index is 11.8. The van der Waals surface area contributed by atoms with Gasteiger partial charge in [-0.2, -0.15) is 0 Å². The van der Waals surface area contributed by atoms with Gasteiger partial charge in [-0.05, 0) is 41.5 Å². The smallest absolute Gasteiger partial charge is 0.251 e. The van der Waals surface area contributed by atoms with Crippen molar-refractivity contribution < 1.29 is 9.59 Å². The summed E-state index contributed by atoms with van der Waals surface area (Å²) >= 11 is 6.63. The van der Waals surface area contributed by atoms with Crippen LogP contribution in [0.2, 0.25) is 0 Å². The number of allylic oxidation sites excluding steroid dienone is 1. The van der Waals surface area contributed by atoms with Gasteiger partial charge in [0, 0.05) is 21.9 Å². The molecular formula is C17H12N2O2S2. The van der Waals surface area contributed by atoms with Crippen LogP contribution in [0.15, 0.2) is 36.0 Å². The zero-order valence-corrected chi connectivity index (χ0v) is 13.6. The second-order valence-electron chi connectivity index (χ2n) is 5.46. The maximum atomic E-state index is 11.8. The molecule has 2 aliphatic rings. The van der Waals surface area contributed by atoms with E-state index in [9.17, 15) is 9.59 Å². The molecule has 0 atom stereocenters. The summed E-state index contributed by atoms with van der Waals surface area (Å²) in [6, 6.07) is 9.89. The van der Waals surface area contributed by atoms with Gasteiger partial charge < -0.3 is 10.6 Å². The second kappa shape index (κ2) is 5.40. The van der Waals surface area contributed by atoms with E-state index in [1.54, 1.807) is 11.3 Å². The molecule has 1 saturated heterocycles. The van der Waals surface area contributed by atoms with Gasteiger partial charge in [0.05, 0.1) is 17.1 Å². The van der Waals surface area contributed by atoms with E-state index in [0.29, 0.717) is 23.7 Å². The number of hydrogen-bond acceptors (Lipinski definition) is 4. The molecule has 2 aromatic rings. The summed E-state index contributed by atoms with van der Waals surface area (Å²) in [5.74, 6) is 0.0250. The highest BCUT2D eigenvalue weighted by Crippen LogP contribution is 2.32. The number of Topliss-reactive ketones (excluding diaryl/α,β-unsaturated/α-hetero) is 1. The Morgan fingerprint density at radius 3 is 2.83 bits per heavy atom. The molecule has 4 rings (SSSR count). The van der Waals surface area contributed by atoms with E-state index in [2.05, 4.69) is 10.6 Å². The van der Waals surface area contributed by atoms with Crippen LogP contribution in [-0.2, 0) is 11.3 Å². The summed E-state index contributed by atoms with van der Waals surface area (Å²) in [5.41, 5.74) is 3.42. The summed E-state index contributed by atoms with van der Waals surface area (Å²) in [6.07, 6.45) is 2.14. The van der Waals surface area contributed by atoms with Crippen LogP contribution in [-0.4, -0.2) is 16.7 Å². The zero-order chi connectivity index (χ0) is 16.0. The molecule has 0 unspecified atom stereocenters. The fourth-order valence-electron chi connectivity index (χ4n) is 2.74. The molecule has 4 nitrogen and oxygen atoms in total. The Hall–Kier alpha value is -2.31. The SMILES string of the molecule is O=C1CC(=S)N/C1=C/c1ccc(-c2ccc3c(c2)CNC3=O)s1. The quantitative estimate of drug-likeness (QED) is 0.652. The number of thiophene rings is 1. The number of thiocarbonyl (C=S) groups is 1. The molecule has 2 N–H and O–H groups in total. The van der Waals surface area contributed by atoms with Gasteiger partial charge in [0.2, 0.25) is 0 Å². The first-order chi connectivity index (χ1) is 11.1. The van der Waals surface area contributed by atoms with Crippen molar-refractivity contribution in [2.24, 2.45) is 0 Å². The first kappa shape index (κ1) is 14.3. The minimum absolute atomic E-state index is 0.00931. The van der Waals surface area contributed by atoms with Gasteiger partial charge in [0.25, 0.3) is 5.91 Å². The normalized spacial score (nSPS) is 18.3. The third-order valence-electron chi connectivity index (χ3n) is 3.88. The molecule has 1 aromatic carbocycles. The van der Waals surface area contributed by atoms with E-state index >= 15 is 0 Å². The number of rotatable bonds is 2. The largest absolute Gasteiger partial charge is 0.348 e. The van der Waals surface area contributed by atoms with Crippen molar-refractivity contribution in [3.05, 3.63) is 52.0 Å². The second-order valence-corrected chi connectivity index (χ2v) is 7.07. The fraction of sp³-hybridized carbons (Fsp3) is 0.118. The Morgan fingerprint density at radius 2 is 2.04 bits per heavy atom. The molecule has 0 radical (unpaired) electrons. The fourth-order valence-corrected chi connectivity index (χ4v) is 3.92. The van der Waals surface area contributed by atoms with Crippen molar-refractivity contribution in [1.82, 2.24) is 10.6 Å². The van der Waals surface area contributed by atoms with Crippen LogP contribution in [0.1, 0.15) is 27.2 Å². The van der Waals surface area contributed by atoms with Crippen molar-refractivity contribution in [2.75, 3.05) is 0 Å². The molecule has 3 heterocycles. The van der Waals surface area contributed by atoms with Gasteiger partial charge in [0.15, 0.2) is 5.78 Å². The van der Waals surface area contributed by atoms with Gasteiger partial charge in [-0.15, -0.1) is 11.3 Å². The first-order valence-electron chi connectivity index (χ1n) is 7.16. The lowest BCUT2D eigenvalue weighted by molar-refractivity contribution is -0.114. The lowest BCUT2D eigenvalue weighted by Crippen LogP contribution is -2.12. The summed E-state index contributed by atoms with van der Waals surface area (Å²) in [5, 5.41) is 5.77. The number of nitrogens with one attached hydrogen (secondary N) is 2. The van der Waals surface area contributed by atoms with Crippen molar-refractivity contribution in [3.8, 4) is 10.4 Å². The molecule has 1 aromatic heterocycles. The highest BCUT2D eigenvalue weighted by molar-refractivity contribution is 7.80. The summed E-state index contributed by atoms with van der Waals surface area (Å²) < 4.78 is 0. The number of ketones is 1. The van der Waals surface area contributed by atoms with Gasteiger partial charge in [0.1, 0.15) is 0 Å². The Labute approximate surface area is 142 Å². The van der Waals surface area contributed by atoms with Gasteiger partial charge in [-0.3, -0.25) is 9.59 Å². The number of hydrogen-bond donors (Lipinski definition) is 2. The number of fused-ring (bicyclic) bond motifs is 1. The standard InChI is InChI=1S/C17H12N2O2S2/c20-14-7-16(22)19-13(14)6-11-2-4-15(23-11)9-1-3-12-10(5-9)8-18-17(12)21/h1-6H,7-8H2,(H,18,21)(H,19,22)/b13-6+. The third kappa shape index (κ3) is 2.60. The molecule has 1 amide bonds. The molecule has 0 saturated carbocycles. The Kier molecular flexibility index (Phi) is 3.36. The Balaban J connectivity index is 1.64. The van der Waals surface area contributed by atoms with Crippen LogP contribution >= 0.6 is 23.6 Å². The zero-order valence-electron chi connectivity index (χ0n) is 12.0. The summed E-state index contributed by atoms with van der Waals surface area (Å²) in [6.45, 7) is 0.583. The molecule has 1 fully saturated rings. The van der Waals surface area contributed by atoms with E-state index in [1.165, 1.54) is 0 Å². The molecule has 2 aliphatic heterocycles. The van der Waals surface area contributed by atoms with Crippen molar-refractivity contribution in [2.45, 2.75) is 13.0 Å². The molecule has 6 heteroatoms. The van der Waals surface area contributed by atoms with E-state index in [0.717, 1.165) is 26.4 Å². The van der Waals surface area contributed by atoms with Crippen LogP contribution in [0.25, 0.3) is 16.5 Å². The van der Waals surface area contributed by atoms with Crippen LogP contribution in [0, 0.1) is 0 Å². The predicted octanol–water partition coefficient (Wildman–Crippen LogP) is 2.89. The van der Waals surface area contributed by atoms with Crippen LogP contribution < -0.4 is 10.6 Å². The average molecular weight is 340 g/mol. The summed E-state index contributed by atoms with van der Waals surface area (Å²) in [7, 11) is 0. The minimum atomic E-state index is -0.00931. The van der Waals surface area contributed by atoms with Gasteiger partial charge in [-0.25, -0.2) is 0 Å². The van der Waals surface area contributed by atoms with Crippen molar-refractivity contribution >= 4 is 46.3 Å². The minimum Gasteiger partial charge on any atom is -0.348 e. The highest BCUT2D eigenvalue weighted by atomic mass is 32.1. The first-order valence-corrected chi connectivity index (χ1v) is 8.39. The van der Waals surface area contributed by atoms with E-state index in [1.807, 2.05) is 36.4 Å². The Morgan fingerprint density at radius 1 is 1.17 bits per heavy atom. The van der Waals surface area contributed by atoms with E-state index in [4.69, 9.17) is 12.2 Å². The number of amides is 1. The Bertz CT molecular complexity index is 896. The van der Waals surface area contributed by atoms with Crippen LogP contribution in [0.5, 0.6) is 0 Å². The van der Waals surface area contributed by atoms with Crippen LogP contribution in [0.3, 0.4) is 0 Å². The topological polar surface area (TPSA) is 58.2 Å². The van der Waals surface area contributed by atoms with Crippen LogP contribution in [0.4, 0.5) is 0 Å². The molecule has 0 spiro atoms. The molecular weight excluding hydrogens is 328 g/mol. The number of carbonyl (C=O) groups is 2. The van der Waals surface area contributed by atoms with Crippen molar-refractivity contribution in [1.29, 1.82) is 0 Å². The third-order valence-corrected chi connectivity index (χ3v) is 5.21. The number of benzene rings is 1. The highest BCUT2D eigenvalue weighted by Gasteiger charge is 2.21. The lowest BCUT2D eigenvalue weighted by atomic mass is 10.1. The maximum Gasteiger partial charge on any atom is 0.251 e. The summed E-state index contributed by atoms with van der Waals surface area (Å²) in [4.78, 5) is 26.1. The molecule has 0 aliphatic carbocycles. The lowest BCUT2D eigenvalue weighted by Gasteiger charge is -2.00. The van der Waals surface area contributed by atoms with Crippen molar-refractivity contribution in [3.63, 3.8) is 0 Å². The molecule has 0 bridgehead atoms. The molecule has 114 valence electrons. The predicted molar refractivity (Wildman–Crippen MR) is 94.3 cm³/mol. The van der Waals surface area contributed by atoms with E-state index in [-0.39, 0.29) is 11.7 Å². The number of carbonyl (C=O) groups excluding carboxylic acids is 2.